The molecule has 0 amide bonds. The Labute approximate surface area is 122 Å². The summed E-state index contributed by atoms with van der Waals surface area (Å²) in [6, 6.07) is 6.41. The van der Waals surface area contributed by atoms with E-state index in [1.54, 1.807) is 12.1 Å². The number of nitro benzene ring substituents is 1. The van der Waals surface area contributed by atoms with Gasteiger partial charge in [-0.1, -0.05) is 31.4 Å². The molecule has 0 saturated heterocycles. The highest BCUT2D eigenvalue weighted by Crippen LogP contribution is 2.39. The second-order valence-corrected chi connectivity index (χ2v) is 5.69. The molecule has 0 spiro atoms. The van der Waals surface area contributed by atoms with Crippen molar-refractivity contribution >= 4 is 11.4 Å². The second kappa shape index (κ2) is 5.71. The van der Waals surface area contributed by atoms with E-state index >= 15 is 0 Å². The molecule has 21 heavy (non-hydrogen) atoms. The molecule has 6 heteroatoms. The zero-order valence-corrected chi connectivity index (χ0v) is 11.7. The van der Waals surface area contributed by atoms with Gasteiger partial charge in [0.25, 0.3) is 5.69 Å². The predicted molar refractivity (Wildman–Crippen MR) is 76.7 cm³/mol. The molecule has 1 aromatic carbocycles. The van der Waals surface area contributed by atoms with Crippen LogP contribution in [0.3, 0.4) is 0 Å². The van der Waals surface area contributed by atoms with Gasteiger partial charge in [0.2, 0.25) is 5.71 Å². The average molecular weight is 290 g/mol. The molecule has 3 rings (SSSR count). The first kappa shape index (κ1) is 13.9. The summed E-state index contributed by atoms with van der Waals surface area (Å²) in [5.41, 5.74) is 1.55. The van der Waals surface area contributed by atoms with Crippen LogP contribution in [0.25, 0.3) is 0 Å². The standard InChI is InChI=1S/C15H18N2O4/c18-16(19)12-7-5-6-11(10-12)15-13-8-3-1-2-4-9-14(13)17(20)21-15/h5-7,10,13,15H,1-4,8-9H2/t13-,15-/m0/s1. The monoisotopic (exact) mass is 290 g/mol. The molecule has 1 aliphatic heterocycles. The van der Waals surface area contributed by atoms with Crippen molar-refractivity contribution in [3.63, 3.8) is 0 Å². The molecule has 1 aliphatic carbocycles. The Hall–Kier alpha value is -2.11. The number of hydrogen-bond donors (Lipinski definition) is 0. The maximum Gasteiger partial charge on any atom is 0.269 e. The first-order chi connectivity index (χ1) is 10.2. The molecule has 0 N–H and O–H groups in total. The summed E-state index contributed by atoms with van der Waals surface area (Å²) in [7, 11) is 0. The van der Waals surface area contributed by atoms with E-state index in [-0.39, 0.29) is 11.6 Å². The SMILES string of the molecule is O=[N+]([O-])c1cccc([C@@H]2O[N+]([O-])=C3CCCCCC[C@@H]32)c1. The van der Waals surface area contributed by atoms with Crippen molar-refractivity contribution in [2.45, 2.75) is 44.6 Å². The minimum absolute atomic E-state index is 0.0350. The largest absolute Gasteiger partial charge is 0.394 e. The maximum atomic E-state index is 12.0. The van der Waals surface area contributed by atoms with Gasteiger partial charge in [0, 0.05) is 23.5 Å². The summed E-state index contributed by atoms with van der Waals surface area (Å²) in [5, 5.41) is 22.9. The number of nitrogens with zero attached hydrogens (tertiary/aromatic N) is 2. The maximum absolute atomic E-state index is 12.0. The molecule has 0 radical (unpaired) electrons. The molecule has 1 heterocycles. The van der Waals surface area contributed by atoms with E-state index in [1.165, 1.54) is 18.6 Å². The minimum Gasteiger partial charge on any atom is -0.394 e. The van der Waals surface area contributed by atoms with Crippen LogP contribution in [0.1, 0.15) is 50.2 Å². The number of nitro groups is 1. The fourth-order valence-electron chi connectivity index (χ4n) is 3.28. The highest BCUT2D eigenvalue weighted by molar-refractivity contribution is 5.83. The second-order valence-electron chi connectivity index (χ2n) is 5.69. The number of fused-ring (bicyclic) bond motifs is 1. The third-order valence-electron chi connectivity index (χ3n) is 4.34. The van der Waals surface area contributed by atoms with Gasteiger partial charge in [-0.15, -0.1) is 0 Å². The molecule has 1 fully saturated rings. The Morgan fingerprint density at radius 2 is 2.05 bits per heavy atom. The summed E-state index contributed by atoms with van der Waals surface area (Å²) in [6.45, 7) is 0. The van der Waals surface area contributed by atoms with Crippen molar-refractivity contribution in [1.82, 2.24) is 0 Å². The van der Waals surface area contributed by atoms with Crippen LogP contribution in [0.4, 0.5) is 5.69 Å². The van der Waals surface area contributed by atoms with Crippen molar-refractivity contribution in [2.75, 3.05) is 0 Å². The quantitative estimate of drug-likeness (QED) is 0.474. The van der Waals surface area contributed by atoms with Crippen LogP contribution >= 0.6 is 0 Å². The van der Waals surface area contributed by atoms with E-state index in [0.29, 0.717) is 10.5 Å². The summed E-state index contributed by atoms with van der Waals surface area (Å²) in [5.74, 6) is 0.0461. The number of non-ortho nitro benzene ring substituents is 1. The van der Waals surface area contributed by atoms with Crippen molar-refractivity contribution < 1.29 is 14.7 Å². The normalized spacial score (nSPS) is 25.7. The Morgan fingerprint density at radius 1 is 1.24 bits per heavy atom. The lowest BCUT2D eigenvalue weighted by atomic mass is 9.83. The van der Waals surface area contributed by atoms with E-state index in [1.807, 2.05) is 0 Å². The minimum atomic E-state index is -0.420. The number of hydrogen-bond acceptors (Lipinski definition) is 4. The third-order valence-corrected chi connectivity index (χ3v) is 4.34. The number of rotatable bonds is 2. The van der Waals surface area contributed by atoms with Gasteiger partial charge in [-0.3, -0.25) is 15.3 Å². The molecule has 6 nitrogen and oxygen atoms in total. The van der Waals surface area contributed by atoms with Crippen LogP contribution in [0.15, 0.2) is 24.3 Å². The molecule has 1 saturated carbocycles. The highest BCUT2D eigenvalue weighted by atomic mass is 16.9. The lowest BCUT2D eigenvalue weighted by Crippen LogP contribution is -2.20. The van der Waals surface area contributed by atoms with Crippen LogP contribution in [-0.2, 0) is 4.84 Å². The van der Waals surface area contributed by atoms with Gasteiger partial charge in [0.05, 0.1) is 10.8 Å². The topological polar surface area (TPSA) is 78.4 Å². The molecular formula is C15H18N2O4. The fourth-order valence-corrected chi connectivity index (χ4v) is 3.28. The molecule has 112 valence electrons. The van der Waals surface area contributed by atoms with Crippen molar-refractivity contribution in [3.05, 3.63) is 45.2 Å². The van der Waals surface area contributed by atoms with Crippen LogP contribution in [0.5, 0.6) is 0 Å². The van der Waals surface area contributed by atoms with Gasteiger partial charge >= 0.3 is 0 Å². The lowest BCUT2D eigenvalue weighted by molar-refractivity contribution is -0.743. The van der Waals surface area contributed by atoms with Crippen molar-refractivity contribution in [1.29, 1.82) is 0 Å². The van der Waals surface area contributed by atoms with Gasteiger partial charge in [0.15, 0.2) is 0 Å². The van der Waals surface area contributed by atoms with Gasteiger partial charge in [0.1, 0.15) is 6.10 Å². The highest BCUT2D eigenvalue weighted by Gasteiger charge is 2.40. The average Bonchev–Trinajstić information content (AvgIpc) is 2.74. The van der Waals surface area contributed by atoms with Gasteiger partial charge < -0.3 is 4.84 Å². The first-order valence-electron chi connectivity index (χ1n) is 7.41. The Morgan fingerprint density at radius 3 is 2.86 bits per heavy atom. The first-order valence-corrected chi connectivity index (χ1v) is 7.41. The molecule has 2 atom stereocenters. The van der Waals surface area contributed by atoms with Crippen LogP contribution in [0.2, 0.25) is 0 Å². The Balaban J connectivity index is 1.89. The fraction of sp³-hybridized carbons (Fsp3) is 0.533. The summed E-state index contributed by atoms with van der Waals surface area (Å²) in [4.78, 5) is 16.6. The Bertz CT molecular complexity index is 585. The zero-order chi connectivity index (χ0) is 14.8. The third kappa shape index (κ3) is 2.70. The van der Waals surface area contributed by atoms with Crippen molar-refractivity contribution in [3.8, 4) is 0 Å². The zero-order valence-electron chi connectivity index (χ0n) is 11.7. The molecule has 0 aromatic heterocycles. The lowest BCUT2D eigenvalue weighted by Gasteiger charge is -2.20. The van der Waals surface area contributed by atoms with E-state index in [4.69, 9.17) is 4.84 Å². The molecular weight excluding hydrogens is 272 g/mol. The summed E-state index contributed by atoms with van der Waals surface area (Å²) in [6.07, 6.45) is 5.67. The van der Waals surface area contributed by atoms with Crippen molar-refractivity contribution in [2.24, 2.45) is 5.92 Å². The van der Waals surface area contributed by atoms with E-state index < -0.39 is 11.0 Å². The summed E-state index contributed by atoms with van der Waals surface area (Å²) >= 11 is 0. The number of benzene rings is 1. The van der Waals surface area contributed by atoms with Crippen LogP contribution in [0, 0.1) is 21.2 Å². The molecule has 0 bridgehead atoms. The van der Waals surface area contributed by atoms with Gasteiger partial charge in [-0.2, -0.15) is 0 Å². The van der Waals surface area contributed by atoms with Crippen LogP contribution < -0.4 is 0 Å². The van der Waals surface area contributed by atoms with E-state index in [2.05, 4.69) is 0 Å². The van der Waals surface area contributed by atoms with E-state index in [0.717, 1.165) is 37.8 Å². The smallest absolute Gasteiger partial charge is 0.269 e. The Kier molecular flexibility index (Phi) is 3.77. The molecule has 0 unspecified atom stereocenters. The summed E-state index contributed by atoms with van der Waals surface area (Å²) < 4.78 is 0. The van der Waals surface area contributed by atoms with Gasteiger partial charge in [-0.05, 0) is 18.4 Å². The van der Waals surface area contributed by atoms with Crippen LogP contribution in [-0.4, -0.2) is 15.5 Å². The van der Waals surface area contributed by atoms with Gasteiger partial charge in [-0.25, -0.2) is 0 Å². The molecule has 1 aromatic rings. The van der Waals surface area contributed by atoms with E-state index in [9.17, 15) is 15.3 Å². The molecule has 2 aliphatic rings. The predicted octanol–water partition coefficient (Wildman–Crippen LogP) is 3.50.